The Bertz CT molecular complexity index is 807. The van der Waals surface area contributed by atoms with Gasteiger partial charge in [-0.2, -0.15) is 0 Å². The quantitative estimate of drug-likeness (QED) is 0.685. The molecular weight excluding hydrogens is 344 g/mol. The van der Waals surface area contributed by atoms with E-state index in [0.717, 1.165) is 10.6 Å². The molecule has 0 bridgehead atoms. The Kier molecular flexibility index (Phi) is 5.12. The lowest BCUT2D eigenvalue weighted by molar-refractivity contribution is -0.129. The van der Waals surface area contributed by atoms with Gasteiger partial charge in [-0.05, 0) is 41.9 Å². The van der Waals surface area contributed by atoms with Gasteiger partial charge in [0.25, 0.3) is 5.91 Å². The van der Waals surface area contributed by atoms with Crippen LogP contribution in [0.1, 0.15) is 21.5 Å². The maximum atomic E-state index is 12.4. The molecule has 0 spiro atoms. The van der Waals surface area contributed by atoms with E-state index in [0.29, 0.717) is 11.4 Å². The van der Waals surface area contributed by atoms with Crippen LogP contribution in [0.4, 0.5) is 0 Å². The van der Waals surface area contributed by atoms with Crippen molar-refractivity contribution in [3.8, 4) is 5.69 Å². The van der Waals surface area contributed by atoms with Crippen LogP contribution < -0.4 is 5.32 Å². The molecule has 24 heavy (non-hydrogen) atoms. The lowest BCUT2D eigenvalue weighted by Crippen LogP contribution is -2.35. The van der Waals surface area contributed by atoms with E-state index in [1.165, 1.54) is 11.3 Å². The fraction of sp³-hybridized carbons (Fsp3) is 0.176. The molecule has 3 rings (SSSR count). The molecule has 0 aliphatic heterocycles. The molecule has 124 valence electrons. The molecule has 0 aliphatic rings. The average molecular weight is 360 g/mol. The first-order chi connectivity index (χ1) is 11.6. The fourth-order valence-electron chi connectivity index (χ4n) is 2.15. The number of ether oxygens (including phenoxy) is 1. The lowest BCUT2D eigenvalue weighted by atomic mass is 10.3. The van der Waals surface area contributed by atoms with Gasteiger partial charge in [0, 0.05) is 17.3 Å². The Labute approximate surface area is 147 Å². The van der Waals surface area contributed by atoms with Crippen LogP contribution in [0.5, 0.6) is 0 Å². The highest BCUT2D eigenvalue weighted by Gasteiger charge is 2.22. The van der Waals surface area contributed by atoms with Crippen LogP contribution in [0.25, 0.3) is 5.69 Å². The van der Waals surface area contributed by atoms with Crippen molar-refractivity contribution in [3.63, 3.8) is 0 Å². The van der Waals surface area contributed by atoms with Crippen molar-refractivity contribution in [3.05, 3.63) is 63.2 Å². The number of carbonyl (C=O) groups is 2. The van der Waals surface area contributed by atoms with Crippen molar-refractivity contribution in [1.29, 1.82) is 0 Å². The molecule has 1 N–H and O–H groups in total. The molecule has 0 saturated carbocycles. The standard InChI is InChI=1S/C17H16N2O3S2/c1-12(16(20)18-11-13-5-4-9-23-13)22-17(21)15-14(6-10-24-15)19-7-2-3-8-19/h2-10,12H,11H2,1H3,(H,18,20). The average Bonchev–Trinajstić information content (AvgIpc) is 3.33. The Hall–Kier alpha value is -2.38. The Morgan fingerprint density at radius 2 is 1.96 bits per heavy atom. The van der Waals surface area contributed by atoms with Crippen LogP contribution in [0.2, 0.25) is 0 Å². The molecule has 0 radical (unpaired) electrons. The third-order valence-electron chi connectivity index (χ3n) is 3.38. The summed E-state index contributed by atoms with van der Waals surface area (Å²) in [7, 11) is 0. The number of rotatable bonds is 6. The minimum atomic E-state index is -0.850. The number of esters is 1. The van der Waals surface area contributed by atoms with E-state index in [1.54, 1.807) is 18.3 Å². The van der Waals surface area contributed by atoms with Gasteiger partial charge in [-0.1, -0.05) is 6.07 Å². The molecule has 0 aliphatic carbocycles. The molecule has 0 fully saturated rings. The van der Waals surface area contributed by atoms with E-state index in [-0.39, 0.29) is 5.91 Å². The largest absolute Gasteiger partial charge is 0.448 e. The second-order valence-electron chi connectivity index (χ2n) is 5.07. The summed E-state index contributed by atoms with van der Waals surface area (Å²) in [6, 6.07) is 9.48. The fourth-order valence-corrected chi connectivity index (χ4v) is 3.57. The topological polar surface area (TPSA) is 60.3 Å². The molecule has 3 aromatic rings. The minimum absolute atomic E-state index is 0.309. The predicted molar refractivity (Wildman–Crippen MR) is 94.7 cm³/mol. The van der Waals surface area contributed by atoms with Gasteiger partial charge in [-0.15, -0.1) is 22.7 Å². The molecule has 3 heterocycles. The molecule has 1 amide bonds. The first-order valence-corrected chi connectivity index (χ1v) is 9.13. The van der Waals surface area contributed by atoms with E-state index in [4.69, 9.17) is 4.74 Å². The second kappa shape index (κ2) is 7.46. The van der Waals surface area contributed by atoms with E-state index >= 15 is 0 Å². The van der Waals surface area contributed by atoms with Gasteiger partial charge in [0.15, 0.2) is 6.10 Å². The van der Waals surface area contributed by atoms with Gasteiger partial charge in [0.1, 0.15) is 4.88 Å². The van der Waals surface area contributed by atoms with Crippen molar-refractivity contribution < 1.29 is 14.3 Å². The van der Waals surface area contributed by atoms with Crippen LogP contribution in [0.3, 0.4) is 0 Å². The Morgan fingerprint density at radius 3 is 2.67 bits per heavy atom. The molecule has 0 aromatic carbocycles. The maximum Gasteiger partial charge on any atom is 0.351 e. The van der Waals surface area contributed by atoms with Gasteiger partial charge in [-0.25, -0.2) is 4.79 Å². The monoisotopic (exact) mass is 360 g/mol. The molecule has 7 heteroatoms. The zero-order chi connectivity index (χ0) is 16.9. The van der Waals surface area contributed by atoms with Crippen LogP contribution in [-0.4, -0.2) is 22.5 Å². The normalized spacial score (nSPS) is 11.9. The molecule has 1 unspecified atom stereocenters. The zero-order valence-electron chi connectivity index (χ0n) is 13.0. The molecule has 0 saturated heterocycles. The molecule has 5 nitrogen and oxygen atoms in total. The molecule has 3 aromatic heterocycles. The summed E-state index contributed by atoms with van der Waals surface area (Å²) in [5.41, 5.74) is 0.751. The minimum Gasteiger partial charge on any atom is -0.448 e. The lowest BCUT2D eigenvalue weighted by Gasteiger charge is -2.13. The van der Waals surface area contributed by atoms with Gasteiger partial charge >= 0.3 is 5.97 Å². The van der Waals surface area contributed by atoms with Crippen molar-refractivity contribution >= 4 is 34.6 Å². The summed E-state index contributed by atoms with van der Waals surface area (Å²) in [6.07, 6.45) is 2.86. The smallest absolute Gasteiger partial charge is 0.351 e. The van der Waals surface area contributed by atoms with Gasteiger partial charge in [-0.3, -0.25) is 4.79 Å². The number of nitrogens with zero attached hydrogens (tertiary/aromatic N) is 1. The van der Waals surface area contributed by atoms with Crippen LogP contribution in [0, 0.1) is 0 Å². The van der Waals surface area contributed by atoms with Gasteiger partial charge in [0.05, 0.1) is 12.2 Å². The van der Waals surface area contributed by atoms with E-state index in [9.17, 15) is 9.59 Å². The van der Waals surface area contributed by atoms with E-state index < -0.39 is 12.1 Å². The van der Waals surface area contributed by atoms with Crippen LogP contribution in [0.15, 0.2) is 53.5 Å². The summed E-state index contributed by atoms with van der Waals surface area (Å²) in [5, 5.41) is 6.55. The number of carbonyl (C=O) groups excluding carboxylic acids is 2. The van der Waals surface area contributed by atoms with E-state index in [1.807, 2.05) is 58.1 Å². The van der Waals surface area contributed by atoms with Crippen molar-refractivity contribution in [2.24, 2.45) is 0 Å². The first-order valence-electron chi connectivity index (χ1n) is 7.37. The summed E-state index contributed by atoms with van der Waals surface area (Å²) in [5.74, 6) is -0.803. The third-order valence-corrected chi connectivity index (χ3v) is 5.14. The van der Waals surface area contributed by atoms with Crippen LogP contribution in [-0.2, 0) is 16.1 Å². The van der Waals surface area contributed by atoms with Gasteiger partial charge in [0.2, 0.25) is 0 Å². The van der Waals surface area contributed by atoms with Gasteiger partial charge < -0.3 is 14.6 Å². The Morgan fingerprint density at radius 1 is 1.17 bits per heavy atom. The SMILES string of the molecule is CC(OC(=O)c1sccc1-n1cccc1)C(=O)NCc1cccs1. The summed E-state index contributed by atoms with van der Waals surface area (Å²) in [6.45, 7) is 2.01. The number of nitrogens with one attached hydrogen (secondary N) is 1. The maximum absolute atomic E-state index is 12.4. The summed E-state index contributed by atoms with van der Waals surface area (Å²) in [4.78, 5) is 26.0. The number of hydrogen-bond acceptors (Lipinski definition) is 5. The molecular formula is C17H16N2O3S2. The Balaban J connectivity index is 1.60. The number of thiophene rings is 2. The first kappa shape index (κ1) is 16.5. The third kappa shape index (κ3) is 3.74. The highest BCUT2D eigenvalue weighted by atomic mass is 32.1. The highest BCUT2D eigenvalue weighted by molar-refractivity contribution is 7.12. The van der Waals surface area contributed by atoms with Crippen molar-refractivity contribution in [2.75, 3.05) is 0 Å². The number of amides is 1. The number of hydrogen-bond donors (Lipinski definition) is 1. The van der Waals surface area contributed by atoms with Crippen molar-refractivity contribution in [2.45, 2.75) is 19.6 Å². The van der Waals surface area contributed by atoms with E-state index in [2.05, 4.69) is 5.32 Å². The number of aromatic nitrogens is 1. The molecule has 1 atom stereocenters. The predicted octanol–water partition coefficient (Wildman–Crippen LogP) is 3.46. The van der Waals surface area contributed by atoms with Crippen LogP contribution >= 0.6 is 22.7 Å². The highest BCUT2D eigenvalue weighted by Crippen LogP contribution is 2.22. The zero-order valence-corrected chi connectivity index (χ0v) is 14.6. The summed E-state index contributed by atoms with van der Waals surface area (Å²) < 4.78 is 7.16. The second-order valence-corrected chi connectivity index (χ2v) is 7.02. The van der Waals surface area contributed by atoms with Crippen molar-refractivity contribution in [1.82, 2.24) is 9.88 Å². The summed E-state index contributed by atoms with van der Waals surface area (Å²) >= 11 is 2.86.